The van der Waals surface area contributed by atoms with Crippen molar-refractivity contribution in [3.8, 4) is 11.4 Å². The molecule has 1 aromatic carbocycles. The lowest BCUT2D eigenvalue weighted by Crippen LogP contribution is -2.23. The predicted molar refractivity (Wildman–Crippen MR) is 124 cm³/mol. The van der Waals surface area contributed by atoms with Crippen molar-refractivity contribution in [3.63, 3.8) is 0 Å². The average Bonchev–Trinajstić information content (AvgIpc) is 3.07. The van der Waals surface area contributed by atoms with Gasteiger partial charge in [0.25, 0.3) is 0 Å². The number of aryl methyl sites for hydroxylation is 3. The molecular formula is C23H22N8O. The maximum Gasteiger partial charge on any atom is 0.146 e. The number of carbonyl (C=O) groups excluding carboxylic acids is 1. The van der Waals surface area contributed by atoms with Crippen LogP contribution in [0, 0.1) is 13.8 Å². The molecule has 1 atom stereocenters. The van der Waals surface area contributed by atoms with E-state index in [0.717, 1.165) is 39.7 Å². The SMILES string of the molecule is Cc1nc(-c2cc3c(c(Nc4ccc5c(C)n(C)nc5c4)n2)C(C=O)NC=C3)cnc1N. The van der Waals surface area contributed by atoms with E-state index < -0.39 is 6.04 Å². The number of carbonyl (C=O) groups is 1. The van der Waals surface area contributed by atoms with Crippen molar-refractivity contribution in [3.05, 3.63) is 59.2 Å². The molecule has 5 rings (SSSR count). The Kier molecular flexibility index (Phi) is 4.58. The molecule has 0 spiro atoms. The van der Waals surface area contributed by atoms with Crippen molar-refractivity contribution >= 4 is 40.6 Å². The predicted octanol–water partition coefficient (Wildman–Crippen LogP) is 3.18. The van der Waals surface area contributed by atoms with E-state index in [0.29, 0.717) is 28.7 Å². The van der Waals surface area contributed by atoms with Crippen molar-refractivity contribution < 1.29 is 4.79 Å². The Bertz CT molecular complexity index is 1410. The van der Waals surface area contributed by atoms with E-state index in [4.69, 9.17) is 10.7 Å². The van der Waals surface area contributed by atoms with Crippen molar-refractivity contribution in [1.29, 1.82) is 0 Å². The van der Waals surface area contributed by atoms with Crippen LogP contribution in [0.1, 0.15) is 28.6 Å². The number of pyridine rings is 1. The van der Waals surface area contributed by atoms with E-state index in [-0.39, 0.29) is 0 Å². The van der Waals surface area contributed by atoms with E-state index in [2.05, 4.69) is 25.7 Å². The van der Waals surface area contributed by atoms with Crippen LogP contribution in [0.15, 0.2) is 36.7 Å². The fraction of sp³-hybridized carbons (Fsp3) is 0.174. The van der Waals surface area contributed by atoms with Crippen LogP contribution >= 0.6 is 0 Å². The summed E-state index contributed by atoms with van der Waals surface area (Å²) in [6.07, 6.45) is 6.14. The molecule has 0 amide bonds. The summed E-state index contributed by atoms with van der Waals surface area (Å²) in [5.74, 6) is 0.948. The highest BCUT2D eigenvalue weighted by atomic mass is 16.1. The molecule has 1 aliphatic rings. The van der Waals surface area contributed by atoms with E-state index in [9.17, 15) is 4.79 Å². The van der Waals surface area contributed by atoms with Crippen LogP contribution in [0.25, 0.3) is 28.4 Å². The topological polar surface area (TPSA) is 124 Å². The highest BCUT2D eigenvalue weighted by Crippen LogP contribution is 2.34. The van der Waals surface area contributed by atoms with Crippen LogP contribution in [0.5, 0.6) is 0 Å². The molecule has 1 unspecified atom stereocenters. The third kappa shape index (κ3) is 3.24. The number of aromatic nitrogens is 5. The Morgan fingerprint density at radius 1 is 1.19 bits per heavy atom. The van der Waals surface area contributed by atoms with Gasteiger partial charge in [-0.25, -0.2) is 15.0 Å². The zero-order valence-electron chi connectivity index (χ0n) is 17.9. The maximum absolute atomic E-state index is 11.8. The van der Waals surface area contributed by atoms with Gasteiger partial charge >= 0.3 is 0 Å². The molecular weight excluding hydrogens is 404 g/mol. The molecule has 0 saturated carbocycles. The average molecular weight is 426 g/mol. The van der Waals surface area contributed by atoms with Gasteiger partial charge in [0.15, 0.2) is 0 Å². The highest BCUT2D eigenvalue weighted by molar-refractivity contribution is 5.86. The molecule has 4 aromatic rings. The summed E-state index contributed by atoms with van der Waals surface area (Å²) in [6, 6.07) is 7.37. The van der Waals surface area contributed by atoms with Gasteiger partial charge in [-0.1, -0.05) is 0 Å². The van der Waals surface area contributed by atoms with Gasteiger partial charge in [-0.15, -0.1) is 0 Å². The molecule has 9 heteroatoms. The van der Waals surface area contributed by atoms with E-state index in [1.165, 1.54) is 0 Å². The molecule has 4 N–H and O–H groups in total. The standard InChI is InChI=1S/C23H22N8O/c1-12-22(24)26-10-19(27-12)18-8-14-6-7-25-20(11-32)21(14)23(29-18)28-15-4-5-16-13(2)31(3)30-17(16)9-15/h4-11,20,25H,1-3H3,(H2,24,26)(H,28,29). The molecule has 3 aromatic heterocycles. The van der Waals surface area contributed by atoms with E-state index in [1.54, 1.807) is 19.3 Å². The second-order valence-electron chi connectivity index (χ2n) is 7.76. The molecule has 0 fully saturated rings. The largest absolute Gasteiger partial charge is 0.382 e. The van der Waals surface area contributed by atoms with Crippen LogP contribution in [-0.2, 0) is 11.8 Å². The van der Waals surface area contributed by atoms with Gasteiger partial charge in [-0.2, -0.15) is 5.10 Å². The van der Waals surface area contributed by atoms with Gasteiger partial charge < -0.3 is 21.2 Å². The van der Waals surface area contributed by atoms with Gasteiger partial charge in [-0.3, -0.25) is 4.68 Å². The summed E-state index contributed by atoms with van der Waals surface area (Å²) in [7, 11) is 1.92. The fourth-order valence-electron chi connectivity index (χ4n) is 3.86. The number of fused-ring (bicyclic) bond motifs is 2. The van der Waals surface area contributed by atoms with Crippen molar-refractivity contribution in [2.45, 2.75) is 19.9 Å². The van der Waals surface area contributed by atoms with Gasteiger partial charge in [0.05, 0.1) is 23.1 Å². The molecule has 0 bridgehead atoms. The van der Waals surface area contributed by atoms with Crippen LogP contribution in [0.2, 0.25) is 0 Å². The molecule has 160 valence electrons. The van der Waals surface area contributed by atoms with Crippen LogP contribution in [0.3, 0.4) is 0 Å². The van der Waals surface area contributed by atoms with Crippen molar-refractivity contribution in [1.82, 2.24) is 30.0 Å². The van der Waals surface area contributed by atoms with Crippen molar-refractivity contribution in [2.24, 2.45) is 7.05 Å². The summed E-state index contributed by atoms with van der Waals surface area (Å²) in [5, 5.41) is 12.1. The third-order valence-electron chi connectivity index (χ3n) is 5.72. The smallest absolute Gasteiger partial charge is 0.146 e. The zero-order valence-corrected chi connectivity index (χ0v) is 17.9. The first-order chi connectivity index (χ1) is 15.4. The third-order valence-corrected chi connectivity index (χ3v) is 5.72. The minimum absolute atomic E-state index is 0.383. The van der Waals surface area contributed by atoms with Crippen LogP contribution < -0.4 is 16.4 Å². The number of nitrogen functional groups attached to an aromatic ring is 1. The second kappa shape index (κ2) is 7.45. The molecule has 0 radical (unpaired) electrons. The number of benzene rings is 1. The number of hydrogen-bond acceptors (Lipinski definition) is 8. The second-order valence-corrected chi connectivity index (χ2v) is 7.76. The first kappa shape index (κ1) is 19.7. The molecule has 0 aliphatic carbocycles. The Labute approximate surface area is 184 Å². The normalized spacial score (nSPS) is 14.8. The number of nitrogens with zero attached hydrogens (tertiary/aromatic N) is 5. The van der Waals surface area contributed by atoms with Crippen LogP contribution in [0.4, 0.5) is 17.3 Å². The summed E-state index contributed by atoms with van der Waals surface area (Å²) >= 11 is 0. The van der Waals surface area contributed by atoms with Gasteiger partial charge in [0, 0.05) is 29.4 Å². The first-order valence-corrected chi connectivity index (χ1v) is 10.2. The number of nitrogens with one attached hydrogen (secondary N) is 2. The summed E-state index contributed by atoms with van der Waals surface area (Å²) < 4.78 is 1.86. The monoisotopic (exact) mass is 426 g/mol. The summed E-state index contributed by atoms with van der Waals surface area (Å²) in [5.41, 5.74) is 12.1. The Morgan fingerprint density at radius 2 is 2.03 bits per heavy atom. The fourth-order valence-corrected chi connectivity index (χ4v) is 3.86. The maximum atomic E-state index is 11.8. The number of rotatable bonds is 4. The number of anilines is 3. The molecule has 1 aliphatic heterocycles. The Hall–Kier alpha value is -4.27. The summed E-state index contributed by atoms with van der Waals surface area (Å²) in [6.45, 7) is 3.84. The van der Waals surface area contributed by atoms with Crippen LogP contribution in [-0.4, -0.2) is 31.0 Å². The minimum Gasteiger partial charge on any atom is -0.382 e. The highest BCUT2D eigenvalue weighted by Gasteiger charge is 2.23. The molecule has 0 saturated heterocycles. The number of aldehydes is 1. The Morgan fingerprint density at radius 3 is 2.81 bits per heavy atom. The molecule has 32 heavy (non-hydrogen) atoms. The minimum atomic E-state index is -0.515. The molecule has 9 nitrogen and oxygen atoms in total. The summed E-state index contributed by atoms with van der Waals surface area (Å²) in [4.78, 5) is 25.3. The van der Waals surface area contributed by atoms with Crippen molar-refractivity contribution in [2.75, 3.05) is 11.1 Å². The van der Waals surface area contributed by atoms with E-state index >= 15 is 0 Å². The quantitative estimate of drug-likeness (QED) is 0.425. The van der Waals surface area contributed by atoms with E-state index in [1.807, 2.05) is 49.0 Å². The van der Waals surface area contributed by atoms with Gasteiger partial charge in [-0.05, 0) is 56.0 Å². The lowest BCUT2D eigenvalue weighted by atomic mass is 9.97. The lowest BCUT2D eigenvalue weighted by Gasteiger charge is -2.23. The molecule has 4 heterocycles. The zero-order chi connectivity index (χ0) is 22.4. The first-order valence-electron chi connectivity index (χ1n) is 10.2. The van der Waals surface area contributed by atoms with Gasteiger partial charge in [0.2, 0.25) is 0 Å². The number of hydrogen-bond donors (Lipinski definition) is 3. The number of nitrogens with two attached hydrogens (primary N) is 1. The van der Waals surface area contributed by atoms with Gasteiger partial charge in [0.1, 0.15) is 29.7 Å². The Balaban J connectivity index is 1.64. The lowest BCUT2D eigenvalue weighted by molar-refractivity contribution is -0.109.